The number of benzene rings is 1. The molecule has 1 aromatic carbocycles. The number of methoxy groups -OCH3 is 1. The topological polar surface area (TPSA) is 98.6 Å². The Morgan fingerprint density at radius 3 is 2.48 bits per heavy atom. The predicted molar refractivity (Wildman–Crippen MR) is 110 cm³/mol. The van der Waals surface area contributed by atoms with Crippen molar-refractivity contribution in [1.82, 2.24) is 25.0 Å². The first-order valence-corrected chi connectivity index (χ1v) is 10.3. The van der Waals surface area contributed by atoms with E-state index in [4.69, 9.17) is 9.47 Å². The van der Waals surface area contributed by atoms with E-state index < -0.39 is 35.2 Å². The normalized spacial score (nSPS) is 14.5. The summed E-state index contributed by atoms with van der Waals surface area (Å²) in [5, 5.41) is 10.4. The number of carbonyl (C=O) groups excluding carboxylic acids is 2. The van der Waals surface area contributed by atoms with Crippen molar-refractivity contribution >= 4 is 12.0 Å². The second kappa shape index (κ2) is 9.67. The van der Waals surface area contributed by atoms with Crippen molar-refractivity contribution in [3.05, 3.63) is 41.0 Å². The Morgan fingerprint density at radius 2 is 1.82 bits per heavy atom. The van der Waals surface area contributed by atoms with Gasteiger partial charge in [-0.25, -0.2) is 18.0 Å². The maximum absolute atomic E-state index is 14.2. The van der Waals surface area contributed by atoms with Gasteiger partial charge in [0.25, 0.3) is 0 Å². The Morgan fingerprint density at radius 1 is 1.12 bits per heavy atom. The van der Waals surface area contributed by atoms with E-state index in [1.807, 2.05) is 0 Å². The van der Waals surface area contributed by atoms with Gasteiger partial charge in [0.1, 0.15) is 11.4 Å². The second-order valence-corrected chi connectivity index (χ2v) is 8.68. The van der Waals surface area contributed by atoms with Crippen LogP contribution in [0.2, 0.25) is 0 Å². The molecule has 1 aliphatic rings. The van der Waals surface area contributed by atoms with E-state index in [1.54, 1.807) is 25.3 Å². The third-order valence-electron chi connectivity index (χ3n) is 4.95. The average Bonchev–Trinajstić information content (AvgIpc) is 3.12. The van der Waals surface area contributed by atoms with Crippen LogP contribution in [-0.2, 0) is 29.0 Å². The molecule has 0 saturated heterocycles. The summed E-state index contributed by atoms with van der Waals surface area (Å²) in [4.78, 5) is 26.8. The van der Waals surface area contributed by atoms with Gasteiger partial charge in [0.2, 0.25) is 5.91 Å². The van der Waals surface area contributed by atoms with Crippen LogP contribution in [0.25, 0.3) is 0 Å². The number of fused-ring (bicyclic) bond motifs is 1. The number of aromatic nitrogens is 3. The Bertz CT molecular complexity index is 1040. The van der Waals surface area contributed by atoms with E-state index in [9.17, 15) is 22.8 Å². The molecule has 2 amide bonds. The molecule has 1 N–H and O–H groups in total. The first-order valence-electron chi connectivity index (χ1n) is 10.3. The number of hydrogen-bond acceptors (Lipinski definition) is 6. The van der Waals surface area contributed by atoms with E-state index in [0.29, 0.717) is 37.1 Å². The molecule has 33 heavy (non-hydrogen) atoms. The van der Waals surface area contributed by atoms with Crippen LogP contribution in [0, 0.1) is 17.5 Å². The van der Waals surface area contributed by atoms with Crippen LogP contribution < -0.4 is 10.1 Å². The number of alkyl carbamates (subject to hydrolysis) is 1. The monoisotopic (exact) mass is 469 g/mol. The summed E-state index contributed by atoms with van der Waals surface area (Å²) < 4.78 is 53.3. The summed E-state index contributed by atoms with van der Waals surface area (Å²) in [6.07, 6.45) is -1.28. The number of halogens is 3. The Balaban J connectivity index is 1.75. The minimum Gasteiger partial charge on any atom is -0.467 e. The largest absolute Gasteiger partial charge is 0.467 e. The fourth-order valence-electron chi connectivity index (χ4n) is 3.47. The lowest BCUT2D eigenvalue weighted by Gasteiger charge is -2.29. The zero-order chi connectivity index (χ0) is 24.3. The molecule has 0 unspecified atom stereocenters. The maximum atomic E-state index is 14.2. The fourth-order valence-corrected chi connectivity index (χ4v) is 3.47. The summed E-state index contributed by atoms with van der Waals surface area (Å²) in [6.45, 7) is 5.94. The molecule has 0 radical (unpaired) electrons. The summed E-state index contributed by atoms with van der Waals surface area (Å²) in [5.74, 6) is -3.33. The van der Waals surface area contributed by atoms with Crippen LogP contribution >= 0.6 is 0 Å². The highest BCUT2D eigenvalue weighted by atomic mass is 19.2. The van der Waals surface area contributed by atoms with Gasteiger partial charge in [0.05, 0.1) is 13.7 Å². The van der Waals surface area contributed by atoms with E-state index >= 15 is 0 Å². The molecule has 180 valence electrons. The molecule has 2 aromatic rings. The van der Waals surface area contributed by atoms with Gasteiger partial charge in [-0.3, -0.25) is 9.36 Å². The Hall–Kier alpha value is -3.31. The van der Waals surface area contributed by atoms with Gasteiger partial charge >= 0.3 is 12.1 Å². The minimum absolute atomic E-state index is 0.174. The summed E-state index contributed by atoms with van der Waals surface area (Å²) >= 11 is 0. The Kier molecular flexibility index (Phi) is 7.13. The lowest BCUT2D eigenvalue weighted by molar-refractivity contribution is -0.133. The molecular weight excluding hydrogens is 443 g/mol. The van der Waals surface area contributed by atoms with Gasteiger partial charge in [0.15, 0.2) is 17.5 Å². The lowest BCUT2D eigenvalue weighted by Crippen LogP contribution is -2.45. The fraction of sp³-hybridized carbons (Fsp3) is 0.524. The number of amides is 2. The number of nitrogens with one attached hydrogen (secondary N) is 1. The van der Waals surface area contributed by atoms with Crippen LogP contribution in [0.3, 0.4) is 0 Å². The third kappa shape index (κ3) is 6.14. The van der Waals surface area contributed by atoms with Crippen molar-refractivity contribution in [2.24, 2.45) is 0 Å². The molecule has 2 heterocycles. The zero-order valence-electron chi connectivity index (χ0n) is 18.8. The number of rotatable bonds is 6. The highest BCUT2D eigenvalue weighted by molar-refractivity contribution is 5.78. The third-order valence-corrected chi connectivity index (χ3v) is 4.95. The quantitative estimate of drug-likeness (QED) is 0.653. The van der Waals surface area contributed by atoms with Crippen molar-refractivity contribution in [3.63, 3.8) is 0 Å². The highest BCUT2D eigenvalue weighted by Crippen LogP contribution is 2.20. The number of ether oxygens (including phenoxy) is 2. The molecule has 12 heteroatoms. The summed E-state index contributed by atoms with van der Waals surface area (Å²) in [6, 6.07) is 0.563. The summed E-state index contributed by atoms with van der Waals surface area (Å²) in [5.41, 5.74) is -0.979. The zero-order valence-corrected chi connectivity index (χ0v) is 18.8. The molecular formula is C21H26F3N5O4. The number of carbonyl (C=O) groups is 2. The summed E-state index contributed by atoms with van der Waals surface area (Å²) in [7, 11) is 1.47. The van der Waals surface area contributed by atoms with E-state index in [0.717, 1.165) is 0 Å². The van der Waals surface area contributed by atoms with E-state index in [-0.39, 0.29) is 30.9 Å². The lowest BCUT2D eigenvalue weighted by atomic mass is 10.0. The second-order valence-electron chi connectivity index (χ2n) is 8.68. The molecule has 0 saturated carbocycles. The molecule has 0 spiro atoms. The van der Waals surface area contributed by atoms with Crippen LogP contribution in [0.1, 0.15) is 38.6 Å². The molecule has 0 aliphatic carbocycles. The maximum Gasteiger partial charge on any atom is 0.407 e. The molecule has 9 nitrogen and oxygen atoms in total. The Labute approximate surface area is 188 Å². The van der Waals surface area contributed by atoms with Crippen molar-refractivity contribution in [1.29, 1.82) is 0 Å². The molecule has 3 rings (SSSR count). The van der Waals surface area contributed by atoms with Gasteiger partial charge in [-0.15, -0.1) is 5.10 Å². The van der Waals surface area contributed by atoms with E-state index in [2.05, 4.69) is 15.5 Å². The van der Waals surface area contributed by atoms with Crippen LogP contribution in [0.4, 0.5) is 18.0 Å². The van der Waals surface area contributed by atoms with Crippen LogP contribution in [0.15, 0.2) is 12.1 Å². The smallest absolute Gasteiger partial charge is 0.407 e. The highest BCUT2D eigenvalue weighted by Gasteiger charge is 2.29. The molecule has 0 bridgehead atoms. The van der Waals surface area contributed by atoms with Gasteiger partial charge < -0.3 is 19.7 Å². The predicted octanol–water partition coefficient (Wildman–Crippen LogP) is 2.57. The molecule has 1 aliphatic heterocycles. The van der Waals surface area contributed by atoms with E-state index in [1.165, 1.54) is 12.0 Å². The number of nitrogens with zero attached hydrogens (tertiary/aromatic N) is 4. The minimum atomic E-state index is -1.32. The SMILES string of the molecule is COc1nnc2n1CCN(C(=O)C[C@@H](Cc1cc(F)c(F)cc1F)NC(=O)OC(C)(C)C)C2. The molecule has 1 aromatic heterocycles. The van der Waals surface area contributed by atoms with Gasteiger partial charge in [-0.1, -0.05) is 5.10 Å². The standard InChI is InChI=1S/C21H26F3N5O4/c1-21(2,3)33-20(31)25-13(7-12-8-15(23)16(24)10-14(12)22)9-18(30)28-5-6-29-17(11-28)26-27-19(29)32-4/h8,10,13H,5-7,9,11H2,1-4H3,(H,25,31)/t13-/m1/s1. The van der Waals surface area contributed by atoms with Crippen molar-refractivity contribution in [2.45, 2.75) is 58.3 Å². The van der Waals surface area contributed by atoms with Crippen LogP contribution in [-0.4, -0.2) is 57.0 Å². The van der Waals surface area contributed by atoms with Crippen molar-refractivity contribution < 1.29 is 32.2 Å². The van der Waals surface area contributed by atoms with Gasteiger partial charge in [0, 0.05) is 31.6 Å². The average molecular weight is 469 g/mol. The molecule has 1 atom stereocenters. The van der Waals surface area contributed by atoms with Crippen LogP contribution in [0.5, 0.6) is 6.01 Å². The van der Waals surface area contributed by atoms with Gasteiger partial charge in [-0.2, -0.15) is 0 Å². The first-order chi connectivity index (χ1) is 15.5. The first kappa shape index (κ1) is 24.3. The van der Waals surface area contributed by atoms with Crippen molar-refractivity contribution in [2.75, 3.05) is 13.7 Å². The number of hydrogen-bond donors (Lipinski definition) is 1. The van der Waals surface area contributed by atoms with Gasteiger partial charge in [-0.05, 0) is 38.8 Å². The molecule has 0 fully saturated rings. The van der Waals surface area contributed by atoms with Crippen molar-refractivity contribution in [3.8, 4) is 6.01 Å².